The van der Waals surface area contributed by atoms with Crippen LogP contribution in [0.2, 0.25) is 0 Å². The van der Waals surface area contributed by atoms with Crippen LogP contribution >= 0.6 is 0 Å². The van der Waals surface area contributed by atoms with Crippen molar-refractivity contribution in [2.45, 2.75) is 6.92 Å². The number of hydrazine groups is 2. The maximum Gasteiger partial charge on any atom is 0.133 e. The second-order valence-corrected chi connectivity index (χ2v) is 3.05. The van der Waals surface area contributed by atoms with Crippen LogP contribution in [0.3, 0.4) is 0 Å². The number of rotatable bonds is 1. The number of anilines is 1. The van der Waals surface area contributed by atoms with Gasteiger partial charge in [-0.25, -0.2) is 10.5 Å². The Morgan fingerprint density at radius 1 is 1.23 bits per heavy atom. The second kappa shape index (κ2) is 3.06. The number of aryl methyl sites for hydroxylation is 1. The third-order valence-electron chi connectivity index (χ3n) is 1.99. The minimum Gasteiger partial charge on any atom is -0.243 e. The van der Waals surface area contributed by atoms with Crippen molar-refractivity contribution in [1.82, 2.24) is 10.7 Å². The standard InChI is InChI=1S/C9H12N4/c1-8-3-5-9(6-4-8)13-7-10-11-12(13)2/h3-7,11H,1-2H3. The highest BCUT2D eigenvalue weighted by atomic mass is 15.9. The summed E-state index contributed by atoms with van der Waals surface area (Å²) in [6.45, 7) is 2.07. The molecule has 0 spiro atoms. The molecule has 0 atom stereocenters. The van der Waals surface area contributed by atoms with E-state index < -0.39 is 0 Å². The maximum atomic E-state index is 3.92. The Bertz CT molecular complexity index is 317. The van der Waals surface area contributed by atoms with Gasteiger partial charge in [0.05, 0.1) is 5.69 Å². The average Bonchev–Trinajstić information content (AvgIpc) is 2.53. The molecule has 68 valence electrons. The molecule has 0 aromatic heterocycles. The van der Waals surface area contributed by atoms with Gasteiger partial charge in [0.25, 0.3) is 0 Å². The molecule has 0 amide bonds. The lowest BCUT2D eigenvalue weighted by Gasteiger charge is -2.22. The summed E-state index contributed by atoms with van der Waals surface area (Å²) in [6, 6.07) is 8.28. The van der Waals surface area contributed by atoms with Crippen molar-refractivity contribution < 1.29 is 0 Å². The van der Waals surface area contributed by atoms with Gasteiger partial charge in [0.15, 0.2) is 0 Å². The Labute approximate surface area is 77.4 Å². The summed E-state index contributed by atoms with van der Waals surface area (Å²) < 4.78 is 0. The predicted octanol–water partition coefficient (Wildman–Crippen LogP) is 1.11. The Morgan fingerprint density at radius 3 is 2.46 bits per heavy atom. The molecule has 2 rings (SSSR count). The first-order valence-corrected chi connectivity index (χ1v) is 4.16. The van der Waals surface area contributed by atoms with Crippen LogP contribution in [0.5, 0.6) is 0 Å². The van der Waals surface area contributed by atoms with Gasteiger partial charge in [-0.15, -0.1) is 5.12 Å². The molecule has 0 saturated heterocycles. The molecule has 1 heterocycles. The van der Waals surface area contributed by atoms with Crippen molar-refractivity contribution in [1.29, 1.82) is 0 Å². The SMILES string of the molecule is Cc1ccc(N2C=NNN2C)cc1. The van der Waals surface area contributed by atoms with Crippen LogP contribution in [0.1, 0.15) is 5.56 Å². The molecule has 0 aliphatic carbocycles. The lowest BCUT2D eigenvalue weighted by molar-refractivity contribution is 0.279. The van der Waals surface area contributed by atoms with E-state index in [4.69, 9.17) is 0 Å². The van der Waals surface area contributed by atoms with Crippen molar-refractivity contribution in [3.8, 4) is 0 Å². The molecule has 0 bridgehead atoms. The summed E-state index contributed by atoms with van der Waals surface area (Å²) in [4.78, 5) is 0. The molecular weight excluding hydrogens is 164 g/mol. The normalized spacial score (nSPS) is 16.3. The molecule has 0 radical (unpaired) electrons. The van der Waals surface area contributed by atoms with Crippen LogP contribution in [0, 0.1) is 6.92 Å². The van der Waals surface area contributed by atoms with Crippen molar-refractivity contribution in [3.05, 3.63) is 29.8 Å². The van der Waals surface area contributed by atoms with E-state index in [-0.39, 0.29) is 0 Å². The monoisotopic (exact) mass is 176 g/mol. The van der Waals surface area contributed by atoms with E-state index in [1.165, 1.54) is 5.56 Å². The summed E-state index contributed by atoms with van der Waals surface area (Å²) >= 11 is 0. The fourth-order valence-electron chi connectivity index (χ4n) is 1.23. The van der Waals surface area contributed by atoms with Crippen LogP contribution in [-0.4, -0.2) is 18.5 Å². The van der Waals surface area contributed by atoms with E-state index in [0.717, 1.165) is 5.69 Å². The molecule has 1 aromatic carbocycles. The fourth-order valence-corrected chi connectivity index (χ4v) is 1.23. The highest BCUT2D eigenvalue weighted by molar-refractivity contribution is 5.78. The second-order valence-electron chi connectivity index (χ2n) is 3.05. The summed E-state index contributed by atoms with van der Waals surface area (Å²) in [5.74, 6) is 0. The summed E-state index contributed by atoms with van der Waals surface area (Å²) in [7, 11) is 1.91. The third-order valence-corrected chi connectivity index (χ3v) is 1.99. The first-order valence-electron chi connectivity index (χ1n) is 4.16. The zero-order valence-electron chi connectivity index (χ0n) is 7.73. The maximum absolute atomic E-state index is 3.92. The van der Waals surface area contributed by atoms with Gasteiger partial charge in [-0.05, 0) is 19.1 Å². The minimum atomic E-state index is 1.10. The van der Waals surface area contributed by atoms with E-state index in [9.17, 15) is 0 Å². The van der Waals surface area contributed by atoms with Crippen LogP contribution in [-0.2, 0) is 0 Å². The van der Waals surface area contributed by atoms with Crippen molar-refractivity contribution in [2.75, 3.05) is 12.1 Å². The molecule has 0 unspecified atom stereocenters. The van der Waals surface area contributed by atoms with Gasteiger partial charge >= 0.3 is 0 Å². The van der Waals surface area contributed by atoms with Crippen molar-refractivity contribution >= 4 is 12.0 Å². The molecular formula is C9H12N4. The summed E-state index contributed by atoms with van der Waals surface area (Å²) in [5, 5.41) is 7.66. The highest BCUT2D eigenvalue weighted by Gasteiger charge is 2.13. The number of hydrazone groups is 1. The van der Waals surface area contributed by atoms with Crippen LogP contribution in [0.4, 0.5) is 5.69 Å². The van der Waals surface area contributed by atoms with E-state index in [1.54, 1.807) is 6.34 Å². The third kappa shape index (κ3) is 1.48. The largest absolute Gasteiger partial charge is 0.243 e. The Balaban J connectivity index is 2.25. The zero-order chi connectivity index (χ0) is 9.26. The Hall–Kier alpha value is -1.55. The van der Waals surface area contributed by atoms with Crippen LogP contribution in [0.25, 0.3) is 0 Å². The quantitative estimate of drug-likeness (QED) is 0.695. The number of hydrogen-bond donors (Lipinski definition) is 1. The van der Waals surface area contributed by atoms with E-state index in [1.807, 2.05) is 17.2 Å². The van der Waals surface area contributed by atoms with Gasteiger partial charge in [0, 0.05) is 7.05 Å². The molecule has 1 aliphatic rings. The Kier molecular flexibility index (Phi) is 1.90. The van der Waals surface area contributed by atoms with Crippen LogP contribution < -0.4 is 10.5 Å². The first kappa shape index (κ1) is 8.07. The van der Waals surface area contributed by atoms with Crippen molar-refractivity contribution in [2.24, 2.45) is 5.10 Å². The van der Waals surface area contributed by atoms with Gasteiger partial charge in [-0.2, -0.15) is 5.10 Å². The van der Waals surface area contributed by atoms with Gasteiger partial charge in [0.1, 0.15) is 6.34 Å². The molecule has 1 aliphatic heterocycles. The fraction of sp³-hybridized carbons (Fsp3) is 0.222. The van der Waals surface area contributed by atoms with Gasteiger partial charge in [0.2, 0.25) is 0 Å². The number of nitrogens with one attached hydrogen (secondary N) is 1. The summed E-state index contributed by atoms with van der Waals surface area (Å²) in [6.07, 6.45) is 1.74. The number of nitrogens with zero attached hydrogens (tertiary/aromatic N) is 3. The molecule has 1 N–H and O–H groups in total. The van der Waals surface area contributed by atoms with Gasteiger partial charge < -0.3 is 0 Å². The summed E-state index contributed by atoms with van der Waals surface area (Å²) in [5.41, 5.74) is 5.17. The number of hydrogen-bond acceptors (Lipinski definition) is 4. The van der Waals surface area contributed by atoms with E-state index in [2.05, 4.69) is 41.8 Å². The zero-order valence-corrected chi connectivity index (χ0v) is 7.73. The van der Waals surface area contributed by atoms with E-state index in [0.29, 0.717) is 0 Å². The number of benzene rings is 1. The minimum absolute atomic E-state index is 1.10. The smallest absolute Gasteiger partial charge is 0.133 e. The first-order chi connectivity index (χ1) is 6.27. The van der Waals surface area contributed by atoms with Crippen LogP contribution in [0.15, 0.2) is 29.4 Å². The van der Waals surface area contributed by atoms with E-state index >= 15 is 0 Å². The van der Waals surface area contributed by atoms with Gasteiger partial charge in [-0.1, -0.05) is 17.7 Å². The molecule has 0 fully saturated rings. The molecule has 4 heteroatoms. The topological polar surface area (TPSA) is 30.9 Å². The molecule has 0 saturated carbocycles. The highest BCUT2D eigenvalue weighted by Crippen LogP contribution is 2.15. The Morgan fingerprint density at radius 2 is 1.92 bits per heavy atom. The molecule has 1 aromatic rings. The van der Waals surface area contributed by atoms with Gasteiger partial charge in [-0.3, -0.25) is 0 Å². The van der Waals surface area contributed by atoms with Crippen molar-refractivity contribution in [3.63, 3.8) is 0 Å². The predicted molar refractivity (Wildman–Crippen MR) is 53.0 cm³/mol. The lowest BCUT2D eigenvalue weighted by Crippen LogP contribution is -2.39. The lowest BCUT2D eigenvalue weighted by atomic mass is 10.2. The average molecular weight is 176 g/mol. The molecule has 13 heavy (non-hydrogen) atoms. The molecule has 4 nitrogen and oxygen atoms in total.